The fourth-order valence-corrected chi connectivity index (χ4v) is 4.05. The molecule has 0 spiro atoms. The number of hydrogen-bond acceptors (Lipinski definition) is 6. The van der Waals surface area contributed by atoms with E-state index in [4.69, 9.17) is 18.6 Å². The fraction of sp³-hybridized carbons (Fsp3) is 0.600. The summed E-state index contributed by atoms with van der Waals surface area (Å²) in [7, 11) is 0. The molecule has 0 saturated heterocycles. The SMILES string of the molecule is CCCOC(COC1CCCC(COCc2nc(-c3cccc(C(F)(F)F)c3)oc2C)C1)C(=O)O. The first kappa shape index (κ1) is 27.2. The van der Waals surface area contributed by atoms with Crippen LogP contribution >= 0.6 is 0 Å². The summed E-state index contributed by atoms with van der Waals surface area (Å²) in [4.78, 5) is 15.6. The lowest BCUT2D eigenvalue weighted by Gasteiger charge is -2.29. The van der Waals surface area contributed by atoms with E-state index in [9.17, 15) is 23.1 Å². The molecule has 10 heteroatoms. The number of carboxylic acid groups (broad SMARTS) is 1. The highest BCUT2D eigenvalue weighted by Gasteiger charge is 2.31. The highest BCUT2D eigenvalue weighted by molar-refractivity contribution is 5.72. The lowest BCUT2D eigenvalue weighted by atomic mass is 9.88. The Labute approximate surface area is 202 Å². The van der Waals surface area contributed by atoms with Crippen LogP contribution in [-0.4, -0.2) is 48.1 Å². The highest BCUT2D eigenvalue weighted by Crippen LogP contribution is 2.32. The molecule has 1 aliphatic carbocycles. The van der Waals surface area contributed by atoms with E-state index in [2.05, 4.69) is 4.98 Å². The van der Waals surface area contributed by atoms with E-state index in [1.807, 2.05) is 6.92 Å². The number of carbonyl (C=O) groups is 1. The molecule has 1 aromatic carbocycles. The van der Waals surface area contributed by atoms with Gasteiger partial charge < -0.3 is 23.7 Å². The van der Waals surface area contributed by atoms with Gasteiger partial charge in [0, 0.05) is 12.2 Å². The highest BCUT2D eigenvalue weighted by atomic mass is 19.4. The van der Waals surface area contributed by atoms with Gasteiger partial charge in [-0.15, -0.1) is 0 Å². The minimum absolute atomic E-state index is 0.0179. The van der Waals surface area contributed by atoms with Gasteiger partial charge in [-0.1, -0.05) is 19.4 Å². The van der Waals surface area contributed by atoms with Gasteiger partial charge in [0.2, 0.25) is 5.89 Å². The normalized spacial score (nSPS) is 19.6. The smallest absolute Gasteiger partial charge is 0.416 e. The predicted molar refractivity (Wildman–Crippen MR) is 121 cm³/mol. The van der Waals surface area contributed by atoms with Gasteiger partial charge in [-0.25, -0.2) is 9.78 Å². The second kappa shape index (κ2) is 12.5. The average molecular weight is 500 g/mol. The topological polar surface area (TPSA) is 91.0 Å². The second-order valence-electron chi connectivity index (χ2n) is 8.80. The van der Waals surface area contributed by atoms with E-state index >= 15 is 0 Å². The van der Waals surface area contributed by atoms with E-state index < -0.39 is 23.8 Å². The van der Waals surface area contributed by atoms with Crippen LogP contribution in [0.15, 0.2) is 28.7 Å². The van der Waals surface area contributed by atoms with Gasteiger partial charge in [0.05, 0.1) is 31.5 Å². The summed E-state index contributed by atoms with van der Waals surface area (Å²) in [5.74, 6) is -0.156. The molecule has 0 bridgehead atoms. The van der Waals surface area contributed by atoms with Gasteiger partial charge in [0.15, 0.2) is 6.10 Å². The lowest BCUT2D eigenvalue weighted by Crippen LogP contribution is -2.34. The van der Waals surface area contributed by atoms with Crippen molar-refractivity contribution in [3.05, 3.63) is 41.3 Å². The molecule has 3 atom stereocenters. The predicted octanol–water partition coefficient (Wildman–Crippen LogP) is 5.64. The van der Waals surface area contributed by atoms with E-state index in [0.29, 0.717) is 24.7 Å². The molecule has 0 radical (unpaired) electrons. The van der Waals surface area contributed by atoms with Crippen LogP contribution in [0.25, 0.3) is 11.5 Å². The summed E-state index contributed by atoms with van der Waals surface area (Å²) in [6, 6.07) is 4.87. The van der Waals surface area contributed by atoms with Crippen LogP contribution in [-0.2, 0) is 31.8 Å². The minimum Gasteiger partial charge on any atom is -0.479 e. The van der Waals surface area contributed by atoms with Crippen LogP contribution in [0, 0.1) is 12.8 Å². The quantitative estimate of drug-likeness (QED) is 0.404. The average Bonchev–Trinajstić information content (AvgIpc) is 3.19. The number of benzene rings is 1. The van der Waals surface area contributed by atoms with Crippen LogP contribution in [0.3, 0.4) is 0 Å². The molecule has 1 N–H and O–H groups in total. The first-order valence-electron chi connectivity index (χ1n) is 11.8. The maximum atomic E-state index is 13.0. The van der Waals surface area contributed by atoms with Gasteiger partial charge >= 0.3 is 12.1 Å². The molecule has 1 aromatic heterocycles. The Morgan fingerprint density at radius 3 is 2.83 bits per heavy atom. The Balaban J connectivity index is 1.49. The summed E-state index contributed by atoms with van der Waals surface area (Å²) in [5, 5.41) is 9.26. The molecule has 0 aliphatic heterocycles. The zero-order chi connectivity index (χ0) is 25.4. The Hall–Kier alpha value is -2.43. The molecule has 1 saturated carbocycles. The number of aromatic nitrogens is 1. The van der Waals surface area contributed by atoms with Gasteiger partial charge in [-0.2, -0.15) is 13.2 Å². The van der Waals surface area contributed by atoms with Crippen LogP contribution in [0.1, 0.15) is 56.0 Å². The molecular formula is C25H32F3NO6. The second-order valence-corrected chi connectivity index (χ2v) is 8.80. The van der Waals surface area contributed by atoms with Crippen molar-refractivity contribution in [2.75, 3.05) is 19.8 Å². The molecule has 1 aliphatic rings. The van der Waals surface area contributed by atoms with Crippen molar-refractivity contribution < 1.29 is 41.7 Å². The Morgan fingerprint density at radius 2 is 2.11 bits per heavy atom. The van der Waals surface area contributed by atoms with E-state index in [1.165, 1.54) is 12.1 Å². The van der Waals surface area contributed by atoms with Gasteiger partial charge in [-0.3, -0.25) is 0 Å². The summed E-state index contributed by atoms with van der Waals surface area (Å²) in [5.41, 5.74) is 0.0340. The molecule has 3 unspecified atom stereocenters. The molecule has 0 amide bonds. The number of halogens is 3. The zero-order valence-corrected chi connectivity index (χ0v) is 20.0. The summed E-state index contributed by atoms with van der Waals surface area (Å²) in [6.45, 7) is 4.66. The van der Waals surface area contributed by atoms with Crippen molar-refractivity contribution in [3.63, 3.8) is 0 Å². The number of oxazole rings is 1. The first-order valence-corrected chi connectivity index (χ1v) is 11.8. The van der Waals surface area contributed by atoms with Crippen LogP contribution in [0.4, 0.5) is 13.2 Å². The molecule has 2 aromatic rings. The largest absolute Gasteiger partial charge is 0.479 e. The monoisotopic (exact) mass is 499 g/mol. The molecule has 1 fully saturated rings. The lowest BCUT2D eigenvalue weighted by molar-refractivity contribution is -0.157. The maximum Gasteiger partial charge on any atom is 0.416 e. The van der Waals surface area contributed by atoms with Gasteiger partial charge in [0.25, 0.3) is 0 Å². The zero-order valence-electron chi connectivity index (χ0n) is 20.0. The fourth-order valence-electron chi connectivity index (χ4n) is 4.05. The molecule has 3 rings (SSSR count). The number of aryl methyl sites for hydroxylation is 1. The van der Waals surface area contributed by atoms with Gasteiger partial charge in [-0.05, 0) is 56.7 Å². The number of aliphatic carboxylic acids is 1. The first-order chi connectivity index (χ1) is 16.7. The van der Waals surface area contributed by atoms with Crippen molar-refractivity contribution in [2.24, 2.45) is 5.92 Å². The van der Waals surface area contributed by atoms with E-state index in [0.717, 1.165) is 44.2 Å². The van der Waals surface area contributed by atoms with E-state index in [-0.39, 0.29) is 36.7 Å². The number of nitrogens with zero attached hydrogens (tertiary/aromatic N) is 1. The summed E-state index contributed by atoms with van der Waals surface area (Å²) in [6.07, 6.45) is -1.18. The minimum atomic E-state index is -4.44. The van der Waals surface area contributed by atoms with Gasteiger partial charge in [0.1, 0.15) is 11.5 Å². The van der Waals surface area contributed by atoms with Crippen molar-refractivity contribution in [2.45, 2.75) is 70.9 Å². The van der Waals surface area contributed by atoms with Crippen molar-refractivity contribution in [1.82, 2.24) is 4.98 Å². The molecule has 7 nitrogen and oxygen atoms in total. The number of hydrogen-bond donors (Lipinski definition) is 1. The molecular weight excluding hydrogens is 467 g/mol. The Bertz CT molecular complexity index is 961. The Kier molecular flexibility index (Phi) is 9.71. The third-order valence-electron chi connectivity index (χ3n) is 5.94. The van der Waals surface area contributed by atoms with Crippen molar-refractivity contribution >= 4 is 5.97 Å². The molecule has 1 heterocycles. The van der Waals surface area contributed by atoms with Crippen LogP contribution in [0.5, 0.6) is 0 Å². The number of carboxylic acids is 1. The summed E-state index contributed by atoms with van der Waals surface area (Å²) < 4.78 is 61.6. The van der Waals surface area contributed by atoms with Crippen molar-refractivity contribution in [3.8, 4) is 11.5 Å². The van der Waals surface area contributed by atoms with Crippen LogP contribution < -0.4 is 0 Å². The third-order valence-corrected chi connectivity index (χ3v) is 5.94. The van der Waals surface area contributed by atoms with Crippen LogP contribution in [0.2, 0.25) is 0 Å². The maximum absolute atomic E-state index is 13.0. The number of rotatable bonds is 12. The van der Waals surface area contributed by atoms with E-state index in [1.54, 1.807) is 6.92 Å². The number of alkyl halides is 3. The Morgan fingerprint density at radius 1 is 1.31 bits per heavy atom. The molecule has 194 valence electrons. The molecule has 35 heavy (non-hydrogen) atoms. The van der Waals surface area contributed by atoms with Crippen molar-refractivity contribution in [1.29, 1.82) is 0 Å². The number of ether oxygens (including phenoxy) is 3. The summed E-state index contributed by atoms with van der Waals surface area (Å²) >= 11 is 0. The standard InChI is InChI=1S/C25H32F3NO6/c1-3-10-33-22(24(30)31)15-34-20-9-4-6-17(11-20)13-32-14-21-16(2)35-23(29-21)18-7-5-8-19(12-18)25(26,27)28/h5,7-8,12,17,20,22H,3-4,6,9-11,13-15H2,1-2H3,(H,30,31). The third kappa shape index (κ3) is 8.05.